The largest absolute Gasteiger partial charge is 0.462 e. The minimum atomic E-state index is -0.231. The monoisotopic (exact) mass is 275 g/mol. The summed E-state index contributed by atoms with van der Waals surface area (Å²) in [7, 11) is 0. The first-order valence-corrected chi connectivity index (χ1v) is 7.78. The molecule has 1 saturated carbocycles. The van der Waals surface area contributed by atoms with Gasteiger partial charge in [-0.1, -0.05) is 26.7 Å². The van der Waals surface area contributed by atoms with E-state index in [1.165, 1.54) is 25.7 Å². The second kappa shape index (κ2) is 7.32. The van der Waals surface area contributed by atoms with Crippen molar-refractivity contribution in [3.05, 3.63) is 29.8 Å². The number of ether oxygens (including phenoxy) is 1. The summed E-state index contributed by atoms with van der Waals surface area (Å²) < 4.78 is 5.13. The lowest BCUT2D eigenvalue weighted by atomic mass is 10.0. The van der Waals surface area contributed by atoms with Crippen LogP contribution >= 0.6 is 0 Å². The zero-order valence-corrected chi connectivity index (χ0v) is 12.5. The van der Waals surface area contributed by atoms with Crippen molar-refractivity contribution in [3.63, 3.8) is 0 Å². The molecule has 2 atom stereocenters. The fourth-order valence-corrected chi connectivity index (χ4v) is 2.91. The highest BCUT2D eigenvalue weighted by Gasteiger charge is 2.25. The predicted molar refractivity (Wildman–Crippen MR) is 82.1 cm³/mol. The lowest BCUT2D eigenvalue weighted by molar-refractivity contribution is 0.0505. The molecule has 1 aliphatic carbocycles. The van der Waals surface area contributed by atoms with Crippen LogP contribution in [0.2, 0.25) is 0 Å². The maximum absolute atomic E-state index is 11.7. The molecule has 0 heterocycles. The SMILES string of the molecule is CCCOC(=O)c1ccc(NC2CCCC2CC)cc1. The Balaban J connectivity index is 1.92. The van der Waals surface area contributed by atoms with E-state index in [-0.39, 0.29) is 5.97 Å². The van der Waals surface area contributed by atoms with Crippen molar-refractivity contribution in [2.24, 2.45) is 5.92 Å². The maximum Gasteiger partial charge on any atom is 0.338 e. The van der Waals surface area contributed by atoms with Gasteiger partial charge in [-0.2, -0.15) is 0 Å². The second-order valence-electron chi connectivity index (χ2n) is 5.56. The fraction of sp³-hybridized carbons (Fsp3) is 0.588. The van der Waals surface area contributed by atoms with Crippen LogP contribution in [-0.2, 0) is 4.74 Å². The molecule has 2 unspecified atom stereocenters. The van der Waals surface area contributed by atoms with Crippen LogP contribution in [0.25, 0.3) is 0 Å². The van der Waals surface area contributed by atoms with Crippen LogP contribution in [0.3, 0.4) is 0 Å². The molecule has 1 aromatic rings. The molecule has 110 valence electrons. The van der Waals surface area contributed by atoms with E-state index in [4.69, 9.17) is 4.74 Å². The molecule has 20 heavy (non-hydrogen) atoms. The van der Waals surface area contributed by atoms with Crippen LogP contribution in [0.4, 0.5) is 5.69 Å². The molecule has 1 N–H and O–H groups in total. The van der Waals surface area contributed by atoms with Gasteiger partial charge in [0.05, 0.1) is 12.2 Å². The van der Waals surface area contributed by atoms with E-state index in [1.54, 1.807) is 0 Å². The molecule has 0 spiro atoms. The molecule has 0 aliphatic heterocycles. The maximum atomic E-state index is 11.7. The van der Waals surface area contributed by atoms with Gasteiger partial charge in [0.2, 0.25) is 0 Å². The number of carbonyl (C=O) groups excluding carboxylic acids is 1. The quantitative estimate of drug-likeness (QED) is 0.789. The number of rotatable bonds is 6. The number of esters is 1. The molecule has 3 nitrogen and oxygen atoms in total. The van der Waals surface area contributed by atoms with Gasteiger partial charge in [0.15, 0.2) is 0 Å². The Bertz CT molecular complexity index is 427. The van der Waals surface area contributed by atoms with Crippen molar-refractivity contribution in [3.8, 4) is 0 Å². The minimum absolute atomic E-state index is 0.231. The average Bonchev–Trinajstić information content (AvgIpc) is 2.92. The van der Waals surface area contributed by atoms with Crippen LogP contribution < -0.4 is 5.32 Å². The Kier molecular flexibility index (Phi) is 5.45. The van der Waals surface area contributed by atoms with Crippen LogP contribution in [0, 0.1) is 5.92 Å². The molecular formula is C17H25NO2. The van der Waals surface area contributed by atoms with Gasteiger partial charge in [0.25, 0.3) is 0 Å². The molecular weight excluding hydrogens is 250 g/mol. The summed E-state index contributed by atoms with van der Waals surface area (Å²) in [6.07, 6.45) is 5.98. The Morgan fingerprint density at radius 1 is 1.25 bits per heavy atom. The van der Waals surface area contributed by atoms with Crippen LogP contribution in [0.15, 0.2) is 24.3 Å². The van der Waals surface area contributed by atoms with E-state index in [9.17, 15) is 4.79 Å². The van der Waals surface area contributed by atoms with E-state index in [0.29, 0.717) is 18.2 Å². The molecule has 0 aromatic heterocycles. The zero-order chi connectivity index (χ0) is 14.4. The van der Waals surface area contributed by atoms with Gasteiger partial charge in [0, 0.05) is 11.7 Å². The van der Waals surface area contributed by atoms with E-state index < -0.39 is 0 Å². The van der Waals surface area contributed by atoms with Crippen LogP contribution in [-0.4, -0.2) is 18.6 Å². The summed E-state index contributed by atoms with van der Waals surface area (Å²) in [6, 6.07) is 8.23. The number of benzene rings is 1. The zero-order valence-electron chi connectivity index (χ0n) is 12.5. The summed E-state index contributed by atoms with van der Waals surface area (Å²) in [5, 5.41) is 3.60. The topological polar surface area (TPSA) is 38.3 Å². The van der Waals surface area contributed by atoms with Crippen molar-refractivity contribution in [2.75, 3.05) is 11.9 Å². The standard InChI is InChI=1S/C17H25NO2/c1-3-12-20-17(19)14-8-10-15(11-9-14)18-16-7-5-6-13(16)4-2/h8-11,13,16,18H,3-7,12H2,1-2H3. The molecule has 2 rings (SSSR count). The van der Waals surface area contributed by atoms with Gasteiger partial charge in [0.1, 0.15) is 0 Å². The number of hydrogen-bond donors (Lipinski definition) is 1. The Morgan fingerprint density at radius 3 is 2.65 bits per heavy atom. The number of hydrogen-bond acceptors (Lipinski definition) is 3. The third-order valence-corrected chi connectivity index (χ3v) is 4.09. The summed E-state index contributed by atoms with van der Waals surface area (Å²) >= 11 is 0. The summed E-state index contributed by atoms with van der Waals surface area (Å²) in [6.45, 7) is 4.74. The molecule has 1 aromatic carbocycles. The summed E-state index contributed by atoms with van der Waals surface area (Å²) in [5.41, 5.74) is 1.73. The van der Waals surface area contributed by atoms with Crippen LogP contribution in [0.5, 0.6) is 0 Å². The Morgan fingerprint density at radius 2 is 2.00 bits per heavy atom. The summed E-state index contributed by atoms with van der Waals surface area (Å²) in [5.74, 6) is 0.551. The van der Waals surface area contributed by atoms with E-state index >= 15 is 0 Å². The highest BCUT2D eigenvalue weighted by atomic mass is 16.5. The van der Waals surface area contributed by atoms with E-state index in [0.717, 1.165) is 18.0 Å². The third-order valence-electron chi connectivity index (χ3n) is 4.09. The van der Waals surface area contributed by atoms with Crippen molar-refractivity contribution < 1.29 is 9.53 Å². The third kappa shape index (κ3) is 3.75. The van der Waals surface area contributed by atoms with Crippen molar-refractivity contribution in [1.29, 1.82) is 0 Å². The minimum Gasteiger partial charge on any atom is -0.462 e. The van der Waals surface area contributed by atoms with Gasteiger partial charge in [-0.05, 0) is 49.4 Å². The fourth-order valence-electron chi connectivity index (χ4n) is 2.91. The van der Waals surface area contributed by atoms with Gasteiger partial charge < -0.3 is 10.1 Å². The first kappa shape index (κ1) is 14.9. The second-order valence-corrected chi connectivity index (χ2v) is 5.56. The molecule has 0 amide bonds. The van der Waals surface area contributed by atoms with Gasteiger partial charge >= 0.3 is 5.97 Å². The lowest BCUT2D eigenvalue weighted by Crippen LogP contribution is -2.23. The molecule has 3 heteroatoms. The molecule has 0 bridgehead atoms. The number of nitrogens with one attached hydrogen (secondary N) is 1. The molecule has 0 saturated heterocycles. The molecule has 1 fully saturated rings. The Labute approximate surface area is 121 Å². The van der Waals surface area contributed by atoms with E-state index in [2.05, 4.69) is 12.2 Å². The molecule has 0 radical (unpaired) electrons. The lowest BCUT2D eigenvalue weighted by Gasteiger charge is -2.20. The van der Waals surface area contributed by atoms with Gasteiger partial charge in [-0.15, -0.1) is 0 Å². The first-order chi connectivity index (χ1) is 9.74. The summed E-state index contributed by atoms with van der Waals surface area (Å²) in [4.78, 5) is 11.7. The average molecular weight is 275 g/mol. The van der Waals surface area contributed by atoms with Gasteiger partial charge in [-0.3, -0.25) is 0 Å². The number of anilines is 1. The van der Waals surface area contributed by atoms with Crippen molar-refractivity contribution in [1.82, 2.24) is 0 Å². The molecule has 1 aliphatic rings. The first-order valence-electron chi connectivity index (χ1n) is 7.78. The smallest absolute Gasteiger partial charge is 0.338 e. The number of carbonyl (C=O) groups is 1. The van der Waals surface area contributed by atoms with Gasteiger partial charge in [-0.25, -0.2) is 4.79 Å². The highest BCUT2D eigenvalue weighted by Crippen LogP contribution is 2.30. The van der Waals surface area contributed by atoms with E-state index in [1.807, 2.05) is 31.2 Å². The predicted octanol–water partition coefficient (Wildman–Crippen LogP) is 4.24. The normalized spacial score (nSPS) is 21.7. The van der Waals surface area contributed by atoms with Crippen molar-refractivity contribution >= 4 is 11.7 Å². The van der Waals surface area contributed by atoms with Crippen molar-refractivity contribution in [2.45, 2.75) is 52.0 Å². The highest BCUT2D eigenvalue weighted by molar-refractivity contribution is 5.89. The Hall–Kier alpha value is -1.51. The van der Waals surface area contributed by atoms with Crippen LogP contribution in [0.1, 0.15) is 56.3 Å².